The number of carbonyl (C=O) groups is 1. The van der Waals surface area contributed by atoms with Crippen LogP contribution in [0.2, 0.25) is 0 Å². The fourth-order valence-corrected chi connectivity index (χ4v) is 3.82. The third kappa shape index (κ3) is 6.34. The van der Waals surface area contributed by atoms with Gasteiger partial charge in [0.2, 0.25) is 0 Å². The molecule has 0 radical (unpaired) electrons. The fraction of sp³-hybridized carbons (Fsp3) is 0.296. The lowest BCUT2D eigenvalue weighted by Gasteiger charge is -2.36. The highest BCUT2D eigenvalue weighted by Crippen LogP contribution is 2.17. The van der Waals surface area contributed by atoms with Crippen molar-refractivity contribution in [3.05, 3.63) is 90.3 Å². The molecule has 0 spiro atoms. The quantitative estimate of drug-likeness (QED) is 0.356. The minimum atomic E-state index is 0.0112. The SMILES string of the molecule is CC/C(=N/OCc1ccncc1)c1ccc(OCC(=O)N2CCN(c3ccccc3)CC2)cc1. The van der Waals surface area contributed by atoms with Gasteiger partial charge in [-0.15, -0.1) is 0 Å². The third-order valence-corrected chi connectivity index (χ3v) is 5.79. The number of amides is 1. The summed E-state index contributed by atoms with van der Waals surface area (Å²) >= 11 is 0. The smallest absolute Gasteiger partial charge is 0.260 e. The van der Waals surface area contributed by atoms with E-state index in [2.05, 4.69) is 27.2 Å². The second-order valence-electron chi connectivity index (χ2n) is 8.04. The Morgan fingerprint density at radius 2 is 1.65 bits per heavy atom. The summed E-state index contributed by atoms with van der Waals surface area (Å²) in [5, 5.41) is 4.29. The van der Waals surface area contributed by atoms with Gasteiger partial charge in [-0.1, -0.05) is 30.3 Å². The van der Waals surface area contributed by atoms with Crippen LogP contribution in [-0.2, 0) is 16.2 Å². The summed E-state index contributed by atoms with van der Waals surface area (Å²) in [5.41, 5.74) is 4.04. The Labute approximate surface area is 200 Å². The lowest BCUT2D eigenvalue weighted by Crippen LogP contribution is -2.50. The van der Waals surface area contributed by atoms with E-state index in [1.807, 2.05) is 66.4 Å². The highest BCUT2D eigenvalue weighted by atomic mass is 16.6. The fourth-order valence-electron chi connectivity index (χ4n) is 3.82. The van der Waals surface area contributed by atoms with Gasteiger partial charge >= 0.3 is 0 Å². The van der Waals surface area contributed by atoms with Crippen LogP contribution in [0.3, 0.4) is 0 Å². The number of hydrogen-bond acceptors (Lipinski definition) is 6. The minimum Gasteiger partial charge on any atom is -0.484 e. The van der Waals surface area contributed by atoms with E-state index < -0.39 is 0 Å². The first-order valence-electron chi connectivity index (χ1n) is 11.6. The summed E-state index contributed by atoms with van der Waals surface area (Å²) in [6, 6.07) is 21.7. The van der Waals surface area contributed by atoms with Gasteiger partial charge < -0.3 is 19.4 Å². The van der Waals surface area contributed by atoms with Crippen LogP contribution in [0.15, 0.2) is 84.3 Å². The van der Waals surface area contributed by atoms with Gasteiger partial charge in [-0.05, 0) is 66.1 Å². The van der Waals surface area contributed by atoms with E-state index >= 15 is 0 Å². The maximum absolute atomic E-state index is 12.6. The highest BCUT2D eigenvalue weighted by molar-refractivity contribution is 6.00. The van der Waals surface area contributed by atoms with E-state index in [0.717, 1.165) is 36.3 Å². The first-order chi connectivity index (χ1) is 16.7. The number of hydrogen-bond donors (Lipinski definition) is 0. The van der Waals surface area contributed by atoms with Crippen LogP contribution >= 0.6 is 0 Å². The van der Waals surface area contributed by atoms with Gasteiger partial charge in [0.05, 0.1) is 5.71 Å². The van der Waals surface area contributed by atoms with Crippen molar-refractivity contribution in [3.8, 4) is 5.75 Å². The number of para-hydroxylation sites is 1. The number of carbonyl (C=O) groups excluding carboxylic acids is 1. The summed E-state index contributed by atoms with van der Waals surface area (Å²) in [5.74, 6) is 0.672. The van der Waals surface area contributed by atoms with Crippen LogP contribution in [0.1, 0.15) is 24.5 Å². The van der Waals surface area contributed by atoms with Crippen molar-refractivity contribution in [2.75, 3.05) is 37.7 Å². The molecule has 1 amide bonds. The Hall–Kier alpha value is -3.87. The zero-order valence-corrected chi connectivity index (χ0v) is 19.5. The van der Waals surface area contributed by atoms with Crippen molar-refractivity contribution in [2.45, 2.75) is 20.0 Å². The maximum atomic E-state index is 12.6. The van der Waals surface area contributed by atoms with Crippen LogP contribution in [0, 0.1) is 0 Å². The maximum Gasteiger partial charge on any atom is 0.260 e. The zero-order valence-electron chi connectivity index (χ0n) is 19.5. The molecule has 0 N–H and O–H groups in total. The molecule has 3 aromatic rings. The predicted octanol–water partition coefficient (Wildman–Crippen LogP) is 4.14. The summed E-state index contributed by atoms with van der Waals surface area (Å²) in [7, 11) is 0. The normalized spacial score (nSPS) is 14.1. The van der Waals surface area contributed by atoms with E-state index in [1.165, 1.54) is 5.69 Å². The molecule has 0 aliphatic carbocycles. The van der Waals surface area contributed by atoms with Crippen LogP contribution in [0.4, 0.5) is 5.69 Å². The first-order valence-corrected chi connectivity index (χ1v) is 11.6. The monoisotopic (exact) mass is 458 g/mol. The summed E-state index contributed by atoms with van der Waals surface area (Å²) < 4.78 is 5.76. The Balaban J connectivity index is 1.24. The van der Waals surface area contributed by atoms with E-state index in [4.69, 9.17) is 9.57 Å². The minimum absolute atomic E-state index is 0.0112. The lowest BCUT2D eigenvalue weighted by molar-refractivity contribution is -0.133. The molecule has 2 aromatic carbocycles. The molecular weight excluding hydrogens is 428 g/mol. The van der Waals surface area contributed by atoms with Gasteiger partial charge in [-0.2, -0.15) is 0 Å². The zero-order chi connectivity index (χ0) is 23.6. The average Bonchev–Trinajstić information content (AvgIpc) is 2.91. The molecule has 34 heavy (non-hydrogen) atoms. The number of pyridine rings is 1. The molecule has 0 bridgehead atoms. The van der Waals surface area contributed by atoms with E-state index in [9.17, 15) is 4.79 Å². The van der Waals surface area contributed by atoms with Crippen molar-refractivity contribution in [3.63, 3.8) is 0 Å². The number of ether oxygens (including phenoxy) is 1. The molecule has 7 nitrogen and oxygen atoms in total. The van der Waals surface area contributed by atoms with Crippen molar-refractivity contribution in [1.29, 1.82) is 0 Å². The van der Waals surface area contributed by atoms with E-state index in [-0.39, 0.29) is 12.5 Å². The molecule has 1 saturated heterocycles. The topological polar surface area (TPSA) is 67.3 Å². The molecule has 1 fully saturated rings. The Morgan fingerprint density at radius 1 is 0.941 bits per heavy atom. The van der Waals surface area contributed by atoms with Gasteiger partial charge in [0.25, 0.3) is 5.91 Å². The van der Waals surface area contributed by atoms with Crippen molar-refractivity contribution < 1.29 is 14.4 Å². The summed E-state index contributed by atoms with van der Waals surface area (Å²) in [6.07, 6.45) is 4.21. The lowest BCUT2D eigenvalue weighted by atomic mass is 10.1. The van der Waals surface area contributed by atoms with E-state index in [0.29, 0.717) is 25.4 Å². The van der Waals surface area contributed by atoms with Crippen LogP contribution in [-0.4, -0.2) is 54.3 Å². The molecule has 7 heteroatoms. The van der Waals surface area contributed by atoms with Gasteiger partial charge in [-0.3, -0.25) is 9.78 Å². The van der Waals surface area contributed by atoms with Gasteiger partial charge in [-0.25, -0.2) is 0 Å². The second kappa shape index (κ2) is 11.8. The van der Waals surface area contributed by atoms with E-state index in [1.54, 1.807) is 12.4 Å². The number of anilines is 1. The molecule has 176 valence electrons. The molecule has 0 atom stereocenters. The Bertz CT molecular complexity index is 1060. The molecule has 1 aliphatic heterocycles. The molecule has 1 aromatic heterocycles. The molecule has 0 saturated carbocycles. The molecule has 2 heterocycles. The van der Waals surface area contributed by atoms with Gasteiger partial charge in [0.1, 0.15) is 12.4 Å². The van der Waals surface area contributed by atoms with Crippen molar-refractivity contribution in [1.82, 2.24) is 9.88 Å². The number of aromatic nitrogens is 1. The molecular formula is C27H30N4O3. The average molecular weight is 459 g/mol. The summed E-state index contributed by atoms with van der Waals surface area (Å²) in [4.78, 5) is 26.3. The Kier molecular flexibility index (Phi) is 8.11. The number of rotatable bonds is 9. The number of oxime groups is 1. The second-order valence-corrected chi connectivity index (χ2v) is 8.04. The molecule has 4 rings (SSSR count). The number of piperazine rings is 1. The molecule has 0 unspecified atom stereocenters. The highest BCUT2D eigenvalue weighted by Gasteiger charge is 2.21. The standard InChI is InChI=1S/C27H30N4O3/c1-2-26(29-34-20-22-12-14-28-15-13-22)23-8-10-25(11-9-23)33-21-27(32)31-18-16-30(17-19-31)24-6-4-3-5-7-24/h3-15H,2,16-21H2,1H3/b29-26-. The van der Waals surface area contributed by atoms with Crippen molar-refractivity contribution in [2.24, 2.45) is 5.16 Å². The van der Waals surface area contributed by atoms with Gasteiger partial charge in [0, 0.05) is 44.3 Å². The van der Waals surface area contributed by atoms with Crippen LogP contribution in [0.5, 0.6) is 5.75 Å². The Morgan fingerprint density at radius 3 is 2.32 bits per heavy atom. The largest absolute Gasteiger partial charge is 0.484 e. The summed E-state index contributed by atoms with van der Waals surface area (Å²) in [6.45, 7) is 5.52. The van der Waals surface area contributed by atoms with Gasteiger partial charge in [0.15, 0.2) is 6.61 Å². The van der Waals surface area contributed by atoms with Crippen LogP contribution < -0.4 is 9.64 Å². The predicted molar refractivity (Wildman–Crippen MR) is 133 cm³/mol. The first kappa shape index (κ1) is 23.3. The number of nitrogens with zero attached hydrogens (tertiary/aromatic N) is 4. The third-order valence-electron chi connectivity index (χ3n) is 5.79. The van der Waals surface area contributed by atoms with Crippen LogP contribution in [0.25, 0.3) is 0 Å². The number of benzene rings is 2. The molecule has 1 aliphatic rings. The van der Waals surface area contributed by atoms with Crippen molar-refractivity contribution >= 4 is 17.3 Å².